The lowest BCUT2D eigenvalue weighted by atomic mass is 10.3. The van der Waals surface area contributed by atoms with Crippen LogP contribution < -0.4 is 10.5 Å². The predicted molar refractivity (Wildman–Crippen MR) is 83.5 cm³/mol. The summed E-state index contributed by atoms with van der Waals surface area (Å²) >= 11 is 0. The van der Waals surface area contributed by atoms with Crippen LogP contribution >= 0.6 is 0 Å². The molecule has 20 heavy (non-hydrogen) atoms. The van der Waals surface area contributed by atoms with Crippen LogP contribution in [0.5, 0.6) is 5.75 Å². The summed E-state index contributed by atoms with van der Waals surface area (Å²) in [6, 6.07) is 5.78. The van der Waals surface area contributed by atoms with Crippen molar-refractivity contribution in [3.05, 3.63) is 18.2 Å². The van der Waals surface area contributed by atoms with E-state index in [4.69, 9.17) is 10.5 Å². The summed E-state index contributed by atoms with van der Waals surface area (Å²) in [6.45, 7) is 6.47. The van der Waals surface area contributed by atoms with Crippen molar-refractivity contribution in [2.45, 2.75) is 33.4 Å². The van der Waals surface area contributed by atoms with Crippen molar-refractivity contribution in [2.75, 3.05) is 17.2 Å². The second-order valence-electron chi connectivity index (χ2n) is 4.84. The van der Waals surface area contributed by atoms with Crippen molar-refractivity contribution < 1.29 is 8.95 Å². The number of nitrogen functional groups attached to an aromatic ring is 1. The monoisotopic (exact) mass is 295 g/mol. The average molecular weight is 295 g/mol. The van der Waals surface area contributed by atoms with Crippen molar-refractivity contribution in [2.24, 2.45) is 0 Å². The molecule has 0 saturated carbocycles. The van der Waals surface area contributed by atoms with Crippen LogP contribution in [0.25, 0.3) is 11.0 Å². The molecule has 0 fully saturated rings. The molecule has 0 aliphatic heterocycles. The fourth-order valence-electron chi connectivity index (χ4n) is 2.06. The summed E-state index contributed by atoms with van der Waals surface area (Å²) in [5.74, 6) is 2.42. The number of nitrogens with two attached hydrogens (primary N) is 1. The topological polar surface area (TPSA) is 70.1 Å². The van der Waals surface area contributed by atoms with E-state index in [0.717, 1.165) is 16.8 Å². The van der Waals surface area contributed by atoms with Gasteiger partial charge in [0.2, 0.25) is 5.95 Å². The summed E-state index contributed by atoms with van der Waals surface area (Å²) < 4.78 is 19.2. The number of nitrogens with zero attached hydrogens (tertiary/aromatic N) is 2. The molecule has 0 bridgehead atoms. The quantitative estimate of drug-likeness (QED) is 0.886. The Balaban J connectivity index is 2.36. The molecule has 0 radical (unpaired) electrons. The van der Waals surface area contributed by atoms with Gasteiger partial charge in [0.15, 0.2) is 0 Å². The number of ether oxygens (including phenoxy) is 1. The molecule has 6 heteroatoms. The minimum absolute atomic E-state index is 0.0829. The zero-order valence-electron chi connectivity index (χ0n) is 12.1. The average Bonchev–Trinajstić information content (AvgIpc) is 2.72. The van der Waals surface area contributed by atoms with Gasteiger partial charge in [0, 0.05) is 28.9 Å². The lowest BCUT2D eigenvalue weighted by Gasteiger charge is -2.10. The number of benzene rings is 1. The molecule has 2 rings (SSSR count). The van der Waals surface area contributed by atoms with E-state index in [1.807, 2.05) is 43.5 Å². The maximum absolute atomic E-state index is 11.6. The lowest BCUT2D eigenvalue weighted by molar-refractivity contribution is 0.245. The van der Waals surface area contributed by atoms with Crippen molar-refractivity contribution in [3.63, 3.8) is 0 Å². The first-order valence-electron chi connectivity index (χ1n) is 6.79. The normalized spacial score (nSPS) is 13.0. The first kappa shape index (κ1) is 14.8. The van der Waals surface area contributed by atoms with Crippen LogP contribution in [0.15, 0.2) is 18.2 Å². The van der Waals surface area contributed by atoms with Crippen LogP contribution in [0.3, 0.4) is 0 Å². The number of rotatable bonds is 6. The van der Waals surface area contributed by atoms with Crippen molar-refractivity contribution in [1.29, 1.82) is 0 Å². The van der Waals surface area contributed by atoms with Gasteiger partial charge in [-0.3, -0.25) is 4.21 Å². The van der Waals surface area contributed by atoms with Crippen molar-refractivity contribution in [3.8, 4) is 5.75 Å². The van der Waals surface area contributed by atoms with E-state index in [9.17, 15) is 4.21 Å². The molecule has 1 atom stereocenters. The highest BCUT2D eigenvalue weighted by Gasteiger charge is 2.13. The van der Waals surface area contributed by atoms with Crippen LogP contribution in [0.1, 0.15) is 20.8 Å². The molecule has 1 aromatic carbocycles. The van der Waals surface area contributed by atoms with Gasteiger partial charge in [0.05, 0.1) is 11.6 Å². The van der Waals surface area contributed by atoms with Gasteiger partial charge in [-0.05, 0) is 26.0 Å². The third kappa shape index (κ3) is 3.12. The van der Waals surface area contributed by atoms with E-state index in [0.29, 0.717) is 24.0 Å². The Kier molecular flexibility index (Phi) is 4.65. The van der Waals surface area contributed by atoms with Crippen molar-refractivity contribution >= 4 is 27.8 Å². The fraction of sp³-hybridized carbons (Fsp3) is 0.500. The Labute approximate surface area is 121 Å². The fourth-order valence-corrected chi connectivity index (χ4v) is 2.74. The largest absolute Gasteiger partial charge is 0.489 e. The Morgan fingerprint density at radius 1 is 1.45 bits per heavy atom. The minimum atomic E-state index is -0.813. The zero-order chi connectivity index (χ0) is 14.7. The van der Waals surface area contributed by atoms with Crippen LogP contribution in [0.2, 0.25) is 0 Å². The summed E-state index contributed by atoms with van der Waals surface area (Å²) in [7, 11) is -0.813. The minimum Gasteiger partial charge on any atom is -0.489 e. The Morgan fingerprint density at radius 2 is 2.20 bits per heavy atom. The number of aryl methyl sites for hydroxylation is 1. The molecule has 2 N–H and O–H groups in total. The predicted octanol–water partition coefficient (Wildman–Crippen LogP) is 2.17. The first-order chi connectivity index (χ1) is 9.52. The Hall–Kier alpha value is -1.56. The molecule has 1 unspecified atom stereocenters. The summed E-state index contributed by atoms with van der Waals surface area (Å²) in [4.78, 5) is 4.39. The highest BCUT2D eigenvalue weighted by atomic mass is 32.2. The highest BCUT2D eigenvalue weighted by molar-refractivity contribution is 7.84. The number of fused-ring (bicyclic) bond motifs is 1. The maximum atomic E-state index is 11.6. The van der Waals surface area contributed by atoms with Crippen molar-refractivity contribution in [1.82, 2.24) is 9.55 Å². The molecular weight excluding hydrogens is 274 g/mol. The van der Waals surface area contributed by atoms with Gasteiger partial charge >= 0.3 is 0 Å². The van der Waals surface area contributed by atoms with Crippen LogP contribution in [-0.2, 0) is 17.3 Å². The third-order valence-corrected chi connectivity index (χ3v) is 4.28. The highest BCUT2D eigenvalue weighted by Crippen LogP contribution is 2.27. The van der Waals surface area contributed by atoms with E-state index >= 15 is 0 Å². The molecule has 0 saturated heterocycles. The smallest absolute Gasteiger partial charge is 0.201 e. The van der Waals surface area contributed by atoms with Gasteiger partial charge in [-0.2, -0.15) is 0 Å². The molecule has 2 aromatic rings. The van der Waals surface area contributed by atoms with Gasteiger partial charge in [-0.1, -0.05) is 13.0 Å². The standard InChI is InChI=1S/C14H21N3O2S/c1-4-20(18)9-8-17-11-6-5-7-12(19-10(2)3)13(11)16-14(17)15/h5-7,10H,4,8-9H2,1-3H3,(H2,15,16). The summed E-state index contributed by atoms with van der Waals surface area (Å²) in [5, 5.41) is 0. The Bertz CT molecular complexity index is 622. The van der Waals surface area contributed by atoms with E-state index in [2.05, 4.69) is 4.98 Å². The number of hydrogen-bond donors (Lipinski definition) is 1. The molecule has 1 heterocycles. The lowest BCUT2D eigenvalue weighted by Crippen LogP contribution is -2.11. The maximum Gasteiger partial charge on any atom is 0.201 e. The van der Waals surface area contributed by atoms with Gasteiger partial charge in [-0.25, -0.2) is 4.98 Å². The van der Waals surface area contributed by atoms with Gasteiger partial charge in [-0.15, -0.1) is 0 Å². The number of para-hydroxylation sites is 1. The second kappa shape index (κ2) is 6.26. The molecule has 1 aromatic heterocycles. The number of aromatic nitrogens is 2. The number of hydrogen-bond acceptors (Lipinski definition) is 4. The van der Waals surface area contributed by atoms with E-state index in [1.165, 1.54) is 0 Å². The summed E-state index contributed by atoms with van der Waals surface area (Å²) in [5.41, 5.74) is 7.67. The van der Waals surface area contributed by atoms with E-state index in [-0.39, 0.29) is 6.10 Å². The molecule has 0 aliphatic carbocycles. The molecular formula is C14H21N3O2S. The van der Waals surface area contributed by atoms with E-state index < -0.39 is 10.8 Å². The van der Waals surface area contributed by atoms with E-state index in [1.54, 1.807) is 0 Å². The molecule has 0 amide bonds. The van der Waals surface area contributed by atoms with Crippen LogP contribution in [-0.4, -0.2) is 31.4 Å². The number of imidazole rings is 1. The van der Waals surface area contributed by atoms with Gasteiger partial charge in [0.25, 0.3) is 0 Å². The molecule has 5 nitrogen and oxygen atoms in total. The zero-order valence-corrected chi connectivity index (χ0v) is 12.9. The molecule has 0 aliphatic rings. The van der Waals surface area contributed by atoms with Crippen LogP contribution in [0.4, 0.5) is 5.95 Å². The van der Waals surface area contributed by atoms with Gasteiger partial charge in [0.1, 0.15) is 11.3 Å². The number of anilines is 1. The Morgan fingerprint density at radius 3 is 2.85 bits per heavy atom. The third-order valence-electron chi connectivity index (χ3n) is 3.00. The van der Waals surface area contributed by atoms with Crippen LogP contribution in [0, 0.1) is 0 Å². The molecule has 110 valence electrons. The summed E-state index contributed by atoms with van der Waals surface area (Å²) in [6.07, 6.45) is 0.0829. The second-order valence-corrected chi connectivity index (χ2v) is 6.71. The first-order valence-corrected chi connectivity index (χ1v) is 8.28. The molecule has 0 spiro atoms. The van der Waals surface area contributed by atoms with Gasteiger partial charge < -0.3 is 15.0 Å². The SMILES string of the molecule is CCS(=O)CCn1c(N)nc2c(OC(C)C)cccc21.